The van der Waals surface area contributed by atoms with E-state index < -0.39 is 0 Å². The molecule has 0 bridgehead atoms. The lowest BCUT2D eigenvalue weighted by atomic mass is 9.93. The van der Waals surface area contributed by atoms with Gasteiger partial charge in [-0.2, -0.15) is 0 Å². The highest BCUT2D eigenvalue weighted by molar-refractivity contribution is 4.85. The Bertz CT molecular complexity index is 181. The fraction of sp³-hybridized carbons (Fsp3) is 1.00. The van der Waals surface area contributed by atoms with Crippen LogP contribution in [0.3, 0.4) is 0 Å². The summed E-state index contributed by atoms with van der Waals surface area (Å²) in [6, 6.07) is 0. The maximum Gasteiger partial charge on any atom is 0.0646 e. The maximum absolute atomic E-state index is 6.37. The van der Waals surface area contributed by atoms with Gasteiger partial charge >= 0.3 is 0 Å². The molecule has 88 valence electrons. The molecule has 0 aromatic rings. The zero-order valence-electron chi connectivity index (χ0n) is 9.84. The molecule has 2 nitrogen and oxygen atoms in total. The fourth-order valence-electron chi connectivity index (χ4n) is 2.51. The first-order valence-electron chi connectivity index (χ1n) is 6.65. The second-order valence-electron chi connectivity index (χ2n) is 5.56. The largest absolute Gasteiger partial charge is 0.380 e. The van der Waals surface area contributed by atoms with Crippen molar-refractivity contribution in [2.45, 2.75) is 63.3 Å². The Hall–Kier alpha value is -0.0800. The van der Waals surface area contributed by atoms with Crippen LogP contribution < -0.4 is 5.73 Å². The van der Waals surface area contributed by atoms with E-state index in [2.05, 4.69) is 0 Å². The Kier molecular flexibility index (Phi) is 4.04. The third kappa shape index (κ3) is 4.12. The van der Waals surface area contributed by atoms with Crippen LogP contribution in [0, 0.1) is 5.92 Å². The average molecular weight is 211 g/mol. The molecule has 0 aromatic carbocycles. The molecule has 0 atom stereocenters. The zero-order chi connectivity index (χ0) is 10.6. The lowest BCUT2D eigenvalue weighted by Gasteiger charge is -2.27. The van der Waals surface area contributed by atoms with Gasteiger partial charge in [-0.1, -0.05) is 38.5 Å². The molecule has 2 heteroatoms. The second kappa shape index (κ2) is 5.31. The number of hydrogen-bond acceptors (Lipinski definition) is 2. The number of nitrogens with two attached hydrogens (primary N) is 1. The Balaban J connectivity index is 1.61. The van der Waals surface area contributed by atoms with Crippen molar-refractivity contribution in [3.05, 3.63) is 0 Å². The topological polar surface area (TPSA) is 35.2 Å². The van der Waals surface area contributed by atoms with Gasteiger partial charge in [0, 0.05) is 12.1 Å². The van der Waals surface area contributed by atoms with Gasteiger partial charge in [0.2, 0.25) is 0 Å². The van der Waals surface area contributed by atoms with Crippen LogP contribution in [0.1, 0.15) is 57.8 Å². The Morgan fingerprint density at radius 2 is 1.73 bits per heavy atom. The lowest BCUT2D eigenvalue weighted by molar-refractivity contribution is 0.0740. The molecular formula is C13H25NO. The van der Waals surface area contributed by atoms with E-state index in [-0.39, 0.29) is 5.54 Å². The van der Waals surface area contributed by atoms with Crippen molar-refractivity contribution >= 4 is 0 Å². The van der Waals surface area contributed by atoms with E-state index in [0.717, 1.165) is 32.0 Å². The van der Waals surface area contributed by atoms with Crippen LogP contribution in [0.15, 0.2) is 0 Å². The maximum atomic E-state index is 6.37. The molecule has 0 saturated heterocycles. The summed E-state index contributed by atoms with van der Waals surface area (Å²) in [5, 5.41) is 0. The van der Waals surface area contributed by atoms with Gasteiger partial charge in [-0.15, -0.1) is 0 Å². The molecular weight excluding hydrogens is 186 g/mol. The first-order chi connectivity index (χ1) is 7.29. The SMILES string of the molecule is NC1(COCCC2CC2)CCCCCC1. The average Bonchev–Trinajstić information content (AvgIpc) is 3.01. The molecule has 2 aliphatic carbocycles. The van der Waals surface area contributed by atoms with Crippen molar-refractivity contribution in [3.8, 4) is 0 Å². The van der Waals surface area contributed by atoms with Gasteiger partial charge < -0.3 is 10.5 Å². The van der Waals surface area contributed by atoms with Crippen LogP contribution in [0.25, 0.3) is 0 Å². The van der Waals surface area contributed by atoms with Crippen molar-refractivity contribution in [2.75, 3.05) is 13.2 Å². The molecule has 0 amide bonds. The van der Waals surface area contributed by atoms with Gasteiger partial charge in [0.1, 0.15) is 0 Å². The number of ether oxygens (including phenoxy) is 1. The van der Waals surface area contributed by atoms with E-state index in [1.165, 1.54) is 44.9 Å². The highest BCUT2D eigenvalue weighted by atomic mass is 16.5. The van der Waals surface area contributed by atoms with E-state index in [9.17, 15) is 0 Å². The van der Waals surface area contributed by atoms with Gasteiger partial charge in [-0.25, -0.2) is 0 Å². The minimum Gasteiger partial charge on any atom is -0.380 e. The van der Waals surface area contributed by atoms with Crippen molar-refractivity contribution in [3.63, 3.8) is 0 Å². The summed E-state index contributed by atoms with van der Waals surface area (Å²) in [6.07, 6.45) is 11.8. The summed E-state index contributed by atoms with van der Waals surface area (Å²) in [5.74, 6) is 0.979. The van der Waals surface area contributed by atoms with Crippen molar-refractivity contribution in [1.29, 1.82) is 0 Å². The molecule has 2 rings (SSSR count). The van der Waals surface area contributed by atoms with Gasteiger partial charge in [0.15, 0.2) is 0 Å². The van der Waals surface area contributed by atoms with Crippen LogP contribution in [0.5, 0.6) is 0 Å². The van der Waals surface area contributed by atoms with Gasteiger partial charge in [-0.05, 0) is 25.2 Å². The van der Waals surface area contributed by atoms with Crippen LogP contribution in [0.4, 0.5) is 0 Å². The fourth-order valence-corrected chi connectivity index (χ4v) is 2.51. The van der Waals surface area contributed by atoms with Gasteiger partial charge in [-0.3, -0.25) is 0 Å². The second-order valence-corrected chi connectivity index (χ2v) is 5.56. The molecule has 2 N–H and O–H groups in total. The first-order valence-corrected chi connectivity index (χ1v) is 6.65. The molecule has 2 fully saturated rings. The van der Waals surface area contributed by atoms with Gasteiger partial charge in [0.25, 0.3) is 0 Å². The molecule has 0 spiro atoms. The Labute approximate surface area is 93.6 Å². The smallest absolute Gasteiger partial charge is 0.0646 e. The molecule has 0 radical (unpaired) electrons. The van der Waals surface area contributed by atoms with Crippen LogP contribution in [0.2, 0.25) is 0 Å². The third-order valence-corrected chi connectivity index (χ3v) is 3.86. The summed E-state index contributed by atoms with van der Waals surface area (Å²) >= 11 is 0. The highest BCUT2D eigenvalue weighted by Crippen LogP contribution is 2.32. The van der Waals surface area contributed by atoms with E-state index in [0.29, 0.717) is 0 Å². The van der Waals surface area contributed by atoms with E-state index >= 15 is 0 Å². The van der Waals surface area contributed by atoms with E-state index in [1.54, 1.807) is 0 Å². The quantitative estimate of drug-likeness (QED) is 0.560. The summed E-state index contributed by atoms with van der Waals surface area (Å²) in [5.41, 5.74) is 6.37. The summed E-state index contributed by atoms with van der Waals surface area (Å²) in [4.78, 5) is 0. The van der Waals surface area contributed by atoms with Crippen molar-refractivity contribution < 1.29 is 4.74 Å². The molecule has 0 heterocycles. The Morgan fingerprint density at radius 3 is 2.33 bits per heavy atom. The van der Waals surface area contributed by atoms with E-state index in [4.69, 9.17) is 10.5 Å². The predicted octanol–water partition coefficient (Wildman–Crippen LogP) is 2.85. The third-order valence-electron chi connectivity index (χ3n) is 3.86. The summed E-state index contributed by atoms with van der Waals surface area (Å²) < 4.78 is 5.76. The zero-order valence-corrected chi connectivity index (χ0v) is 9.84. The van der Waals surface area contributed by atoms with Gasteiger partial charge in [0.05, 0.1) is 6.61 Å². The number of rotatable bonds is 5. The summed E-state index contributed by atoms with van der Waals surface area (Å²) in [7, 11) is 0. The summed E-state index contributed by atoms with van der Waals surface area (Å²) in [6.45, 7) is 1.73. The molecule has 0 aromatic heterocycles. The first kappa shape index (κ1) is 11.4. The van der Waals surface area contributed by atoms with Crippen molar-refractivity contribution in [1.82, 2.24) is 0 Å². The molecule has 2 aliphatic rings. The molecule has 15 heavy (non-hydrogen) atoms. The highest BCUT2D eigenvalue weighted by Gasteiger charge is 2.27. The van der Waals surface area contributed by atoms with Crippen molar-refractivity contribution in [2.24, 2.45) is 11.7 Å². The lowest BCUT2D eigenvalue weighted by Crippen LogP contribution is -2.44. The van der Waals surface area contributed by atoms with Crippen LogP contribution >= 0.6 is 0 Å². The standard InChI is InChI=1S/C13H25NO/c14-13(8-3-1-2-4-9-13)11-15-10-7-12-5-6-12/h12H,1-11,14H2. The van der Waals surface area contributed by atoms with E-state index in [1.807, 2.05) is 0 Å². The predicted molar refractivity (Wildman–Crippen MR) is 62.8 cm³/mol. The van der Waals surface area contributed by atoms with Crippen LogP contribution in [-0.2, 0) is 4.74 Å². The minimum atomic E-state index is 0.0000505. The molecule has 0 unspecified atom stereocenters. The minimum absolute atomic E-state index is 0.0000505. The van der Waals surface area contributed by atoms with Crippen LogP contribution in [-0.4, -0.2) is 18.8 Å². The number of hydrogen-bond donors (Lipinski definition) is 1. The molecule has 0 aliphatic heterocycles. The Morgan fingerprint density at radius 1 is 1.07 bits per heavy atom. The normalized spacial score (nSPS) is 26.2. The molecule has 2 saturated carbocycles. The monoisotopic (exact) mass is 211 g/mol.